The fourth-order valence-corrected chi connectivity index (χ4v) is 10.2. The zero-order chi connectivity index (χ0) is 32.2. The van der Waals surface area contributed by atoms with Gasteiger partial charge in [-0.1, -0.05) is 51.8 Å². The van der Waals surface area contributed by atoms with Gasteiger partial charge in [0, 0.05) is 26.0 Å². The number of piperidine rings is 1. The summed E-state index contributed by atoms with van der Waals surface area (Å²) in [5, 5.41) is 18.8. The number of fused-ring (bicyclic) bond motifs is 6. The Bertz CT molecular complexity index is 1120. The van der Waals surface area contributed by atoms with Crippen molar-refractivity contribution in [1.29, 1.82) is 0 Å². The molecule has 2 saturated heterocycles. The van der Waals surface area contributed by atoms with Crippen LogP contribution in [0.5, 0.6) is 0 Å². The van der Waals surface area contributed by atoms with E-state index in [1.165, 1.54) is 24.8 Å². The molecule has 0 aromatic rings. The molecule has 6 nitrogen and oxygen atoms in total. The maximum Gasteiger partial charge on any atom is 0.222 e. The lowest BCUT2D eigenvalue weighted by atomic mass is 9.56. The Morgan fingerprint density at radius 3 is 2.57 bits per heavy atom. The summed E-state index contributed by atoms with van der Waals surface area (Å²) in [5.74, 6) is 3.90. The molecule has 2 heterocycles. The van der Waals surface area contributed by atoms with Gasteiger partial charge in [-0.3, -0.25) is 4.79 Å². The first-order valence-electron chi connectivity index (χ1n) is 17.9. The molecule has 0 aromatic heterocycles. The number of hydrogen-bond donors (Lipinski definition) is 2. The second-order valence-electron chi connectivity index (χ2n) is 16.8. The third-order valence-corrected chi connectivity index (χ3v) is 13.2. The first-order valence-corrected chi connectivity index (χ1v) is 17.9. The standard InChI is InChI=1S/C33H51NO3.C5H12O2/c1-19(2)7-10-30(36)34-18-20(3)15-29-31(34)22(5)33(37-29)14-12-25-26-9-8-23-16-24(35)11-13-32(23,6)28(26)17-27(25)21(33)4;1-5(2,4-6)7-3/h8,19-20,22,24-26,28-29,31,35H,7,9-18H2,1-6H3;6H,4H2,1-3H3/t20?,22-,24?,25?,26?,28?,29?,31?,32?,33?;/m1./s1. The number of ether oxygens (including phenoxy) is 2. The smallest absolute Gasteiger partial charge is 0.222 e. The van der Waals surface area contributed by atoms with Crippen LogP contribution in [0.1, 0.15) is 120 Å². The number of carbonyl (C=O) groups is 1. The summed E-state index contributed by atoms with van der Waals surface area (Å²) in [6.45, 7) is 18.7. The maximum absolute atomic E-state index is 13.5. The number of aliphatic hydroxyl groups excluding tert-OH is 2. The Hall–Kier alpha value is -1.21. The number of aliphatic hydroxyl groups is 2. The van der Waals surface area contributed by atoms with E-state index in [1.54, 1.807) is 18.3 Å². The number of carbonyl (C=O) groups excluding carboxylic acids is 1. The minimum Gasteiger partial charge on any atom is -0.393 e. The molecular formula is C38H63NO5. The van der Waals surface area contributed by atoms with Crippen molar-refractivity contribution >= 4 is 5.91 Å². The molecule has 6 aliphatic rings. The van der Waals surface area contributed by atoms with Crippen LogP contribution in [0, 0.1) is 40.9 Å². The summed E-state index contributed by atoms with van der Waals surface area (Å²) in [7, 11) is 1.58. The molecule has 10 atom stereocenters. The molecule has 4 fully saturated rings. The SMILES string of the molecule is CC1=C2CC3C(CC=C4CC(O)CCC43C)C2CCC12OC1CC(C)CN(C(=O)CCC(C)C)C1[C@H]2C.COC(C)(C)CO. The van der Waals surface area contributed by atoms with Crippen molar-refractivity contribution in [3.05, 3.63) is 22.8 Å². The van der Waals surface area contributed by atoms with Crippen LogP contribution in [0.15, 0.2) is 22.8 Å². The van der Waals surface area contributed by atoms with E-state index < -0.39 is 0 Å². The predicted molar refractivity (Wildman–Crippen MR) is 176 cm³/mol. The molecule has 1 spiro atoms. The predicted octanol–water partition coefficient (Wildman–Crippen LogP) is 7.08. The molecule has 6 heteroatoms. The maximum atomic E-state index is 13.5. The highest BCUT2D eigenvalue weighted by Crippen LogP contribution is 2.65. The third kappa shape index (κ3) is 6.00. The van der Waals surface area contributed by atoms with Gasteiger partial charge in [0.05, 0.1) is 36.1 Å². The average Bonchev–Trinajstić information content (AvgIpc) is 3.50. The molecule has 9 unspecified atom stereocenters. The number of allylic oxidation sites excluding steroid dienone is 2. The van der Waals surface area contributed by atoms with Gasteiger partial charge in [0.15, 0.2) is 0 Å². The summed E-state index contributed by atoms with van der Waals surface area (Å²) in [4.78, 5) is 15.7. The third-order valence-electron chi connectivity index (χ3n) is 13.2. The van der Waals surface area contributed by atoms with Crippen molar-refractivity contribution in [2.24, 2.45) is 40.9 Å². The van der Waals surface area contributed by atoms with Gasteiger partial charge in [0.25, 0.3) is 0 Å². The van der Waals surface area contributed by atoms with Crippen LogP contribution in [0.2, 0.25) is 0 Å². The first-order chi connectivity index (χ1) is 20.7. The van der Waals surface area contributed by atoms with Crippen molar-refractivity contribution in [2.45, 2.75) is 149 Å². The van der Waals surface area contributed by atoms with Crippen LogP contribution >= 0.6 is 0 Å². The number of hydrogen-bond acceptors (Lipinski definition) is 5. The zero-order valence-corrected chi connectivity index (χ0v) is 29.3. The van der Waals surface area contributed by atoms with Gasteiger partial charge in [-0.25, -0.2) is 0 Å². The number of methoxy groups -OCH3 is 1. The van der Waals surface area contributed by atoms with Crippen molar-refractivity contribution in [3.63, 3.8) is 0 Å². The lowest BCUT2D eigenvalue weighted by Gasteiger charge is -2.49. The van der Waals surface area contributed by atoms with E-state index in [1.807, 2.05) is 13.8 Å². The molecule has 0 aromatic carbocycles. The molecule has 0 radical (unpaired) electrons. The highest BCUT2D eigenvalue weighted by Gasteiger charge is 2.62. The molecule has 4 aliphatic carbocycles. The van der Waals surface area contributed by atoms with Crippen LogP contribution in [-0.2, 0) is 14.3 Å². The molecule has 0 bridgehead atoms. The Morgan fingerprint density at radius 1 is 1.20 bits per heavy atom. The van der Waals surface area contributed by atoms with E-state index in [-0.39, 0.29) is 41.5 Å². The van der Waals surface area contributed by atoms with Crippen LogP contribution in [0.4, 0.5) is 0 Å². The number of rotatable bonds is 5. The Balaban J connectivity index is 0.000000493. The minimum atomic E-state index is -0.361. The number of nitrogens with zero attached hydrogens (tertiary/aromatic N) is 1. The molecule has 2 N–H and O–H groups in total. The van der Waals surface area contributed by atoms with E-state index in [0.29, 0.717) is 41.9 Å². The van der Waals surface area contributed by atoms with Gasteiger partial charge < -0.3 is 24.6 Å². The van der Waals surface area contributed by atoms with Gasteiger partial charge in [0.1, 0.15) is 0 Å². The van der Waals surface area contributed by atoms with Gasteiger partial charge in [-0.15, -0.1) is 0 Å². The molecule has 6 rings (SSSR count). The van der Waals surface area contributed by atoms with Gasteiger partial charge in [-0.2, -0.15) is 0 Å². The van der Waals surface area contributed by atoms with Crippen LogP contribution in [-0.4, -0.2) is 70.7 Å². The summed E-state index contributed by atoms with van der Waals surface area (Å²) in [6, 6.07) is 0.220. The molecular weight excluding hydrogens is 550 g/mol. The summed E-state index contributed by atoms with van der Waals surface area (Å²) in [5.41, 5.74) is 4.48. The molecule has 250 valence electrons. The molecule has 1 amide bonds. The topological polar surface area (TPSA) is 79.2 Å². The van der Waals surface area contributed by atoms with Crippen LogP contribution in [0.25, 0.3) is 0 Å². The van der Waals surface area contributed by atoms with E-state index in [4.69, 9.17) is 14.6 Å². The largest absolute Gasteiger partial charge is 0.393 e. The minimum absolute atomic E-state index is 0.0729. The fraction of sp³-hybridized carbons (Fsp3) is 0.868. The molecule has 44 heavy (non-hydrogen) atoms. The van der Waals surface area contributed by atoms with Crippen molar-refractivity contribution < 1.29 is 24.5 Å². The monoisotopic (exact) mass is 613 g/mol. The normalized spacial score (nSPS) is 41.5. The zero-order valence-electron chi connectivity index (χ0n) is 29.3. The average molecular weight is 614 g/mol. The van der Waals surface area contributed by atoms with E-state index in [0.717, 1.165) is 51.0 Å². The Labute approximate surface area is 268 Å². The van der Waals surface area contributed by atoms with Gasteiger partial charge >= 0.3 is 0 Å². The first kappa shape index (κ1) is 34.1. The highest BCUT2D eigenvalue weighted by atomic mass is 16.5. The Morgan fingerprint density at radius 2 is 1.93 bits per heavy atom. The second-order valence-corrected chi connectivity index (χ2v) is 16.8. The number of amides is 1. The Kier molecular flexibility index (Phi) is 9.91. The van der Waals surface area contributed by atoms with E-state index in [2.05, 4.69) is 52.5 Å². The van der Waals surface area contributed by atoms with Crippen molar-refractivity contribution in [3.8, 4) is 0 Å². The molecule has 2 aliphatic heterocycles. The number of likely N-dealkylation sites (tertiary alicyclic amines) is 1. The lowest BCUT2D eigenvalue weighted by molar-refractivity contribution is -0.140. The van der Waals surface area contributed by atoms with E-state index in [9.17, 15) is 9.90 Å². The quantitative estimate of drug-likeness (QED) is 0.324. The van der Waals surface area contributed by atoms with Gasteiger partial charge in [0.2, 0.25) is 5.91 Å². The van der Waals surface area contributed by atoms with Crippen molar-refractivity contribution in [1.82, 2.24) is 4.90 Å². The van der Waals surface area contributed by atoms with Crippen LogP contribution in [0.3, 0.4) is 0 Å². The molecule has 2 saturated carbocycles. The summed E-state index contributed by atoms with van der Waals surface area (Å²) in [6.07, 6.45) is 13.0. The summed E-state index contributed by atoms with van der Waals surface area (Å²) >= 11 is 0. The lowest BCUT2D eigenvalue weighted by Crippen LogP contribution is -2.54. The second kappa shape index (κ2) is 12.8. The highest BCUT2D eigenvalue weighted by molar-refractivity contribution is 5.77. The van der Waals surface area contributed by atoms with Gasteiger partial charge in [-0.05, 0) is 119 Å². The fourth-order valence-electron chi connectivity index (χ4n) is 10.2. The van der Waals surface area contributed by atoms with E-state index >= 15 is 0 Å². The summed E-state index contributed by atoms with van der Waals surface area (Å²) < 4.78 is 12.0. The van der Waals surface area contributed by atoms with Crippen molar-refractivity contribution in [2.75, 3.05) is 20.3 Å². The van der Waals surface area contributed by atoms with Crippen LogP contribution < -0.4 is 0 Å².